The third kappa shape index (κ3) is 2.76. The summed E-state index contributed by atoms with van der Waals surface area (Å²) >= 11 is 1.19. The number of hydrogen-bond donors (Lipinski definition) is 3. The molecule has 0 spiro atoms. The molecule has 17 heavy (non-hydrogen) atoms. The number of nitrogens with one attached hydrogen (secondary N) is 1. The summed E-state index contributed by atoms with van der Waals surface area (Å²) in [6.45, 7) is 1.76. The summed E-state index contributed by atoms with van der Waals surface area (Å²) < 4.78 is 0. The maximum atomic E-state index is 12.0. The van der Waals surface area contributed by atoms with Crippen LogP contribution in [0.4, 0.5) is 5.13 Å². The third-order valence-corrected chi connectivity index (χ3v) is 4.05. The highest BCUT2D eigenvalue weighted by Crippen LogP contribution is 2.22. The van der Waals surface area contributed by atoms with Crippen LogP contribution < -0.4 is 11.1 Å². The topological polar surface area (TPSA) is 88.2 Å². The van der Waals surface area contributed by atoms with Crippen LogP contribution in [-0.4, -0.2) is 28.1 Å². The fourth-order valence-electron chi connectivity index (χ4n) is 2.14. The standard InChI is InChI=1S/C11H17N3O2S/c1-6-9(17-11(12)13-6)10(16)14-7-4-2-3-5-8(7)15/h7-8,15H,2-5H2,1H3,(H2,12,13)(H,14,16)/t7-,8-/m0/s1. The maximum Gasteiger partial charge on any atom is 0.263 e. The number of amides is 1. The van der Waals surface area contributed by atoms with Crippen LogP contribution in [0.2, 0.25) is 0 Å². The van der Waals surface area contributed by atoms with Crippen LogP contribution in [-0.2, 0) is 0 Å². The van der Waals surface area contributed by atoms with Gasteiger partial charge in [0, 0.05) is 0 Å². The second-order valence-electron chi connectivity index (χ2n) is 4.40. The second kappa shape index (κ2) is 5.01. The maximum absolute atomic E-state index is 12.0. The number of rotatable bonds is 2. The molecular formula is C11H17N3O2S. The molecule has 1 aromatic heterocycles. The molecule has 4 N–H and O–H groups in total. The Morgan fingerprint density at radius 3 is 2.82 bits per heavy atom. The van der Waals surface area contributed by atoms with Crippen molar-refractivity contribution in [2.24, 2.45) is 0 Å². The van der Waals surface area contributed by atoms with E-state index < -0.39 is 6.10 Å². The number of nitrogens with zero attached hydrogens (tertiary/aromatic N) is 1. The van der Waals surface area contributed by atoms with Gasteiger partial charge in [0.05, 0.1) is 17.8 Å². The van der Waals surface area contributed by atoms with Gasteiger partial charge in [0.15, 0.2) is 5.13 Å². The Balaban J connectivity index is 2.03. The van der Waals surface area contributed by atoms with E-state index in [-0.39, 0.29) is 11.9 Å². The number of aromatic nitrogens is 1. The summed E-state index contributed by atoms with van der Waals surface area (Å²) in [6, 6.07) is -0.140. The van der Waals surface area contributed by atoms with Crippen molar-refractivity contribution in [3.8, 4) is 0 Å². The van der Waals surface area contributed by atoms with Crippen LogP contribution in [0, 0.1) is 6.92 Å². The SMILES string of the molecule is Cc1nc(N)sc1C(=O)N[C@H]1CCCC[C@@H]1O. The Bertz CT molecular complexity index is 419. The van der Waals surface area contributed by atoms with E-state index in [1.54, 1.807) is 6.92 Å². The lowest BCUT2D eigenvalue weighted by molar-refractivity contribution is 0.0719. The Morgan fingerprint density at radius 1 is 1.53 bits per heavy atom. The highest BCUT2D eigenvalue weighted by atomic mass is 32.1. The van der Waals surface area contributed by atoms with Crippen LogP contribution in [0.25, 0.3) is 0 Å². The molecule has 0 saturated heterocycles. The van der Waals surface area contributed by atoms with Crippen molar-refractivity contribution in [3.05, 3.63) is 10.6 Å². The number of anilines is 1. The number of aliphatic hydroxyl groups is 1. The zero-order valence-electron chi connectivity index (χ0n) is 9.77. The minimum atomic E-state index is -0.432. The van der Waals surface area contributed by atoms with Gasteiger partial charge < -0.3 is 16.2 Å². The van der Waals surface area contributed by atoms with E-state index >= 15 is 0 Å². The number of nitrogens with two attached hydrogens (primary N) is 1. The van der Waals surface area contributed by atoms with E-state index in [1.165, 1.54) is 11.3 Å². The zero-order valence-corrected chi connectivity index (χ0v) is 10.6. The molecule has 0 aromatic carbocycles. The van der Waals surface area contributed by atoms with Crippen molar-refractivity contribution < 1.29 is 9.90 Å². The van der Waals surface area contributed by atoms with E-state index in [4.69, 9.17) is 5.73 Å². The average molecular weight is 255 g/mol. The monoisotopic (exact) mass is 255 g/mol. The third-order valence-electron chi connectivity index (χ3n) is 3.07. The number of aliphatic hydroxyl groups excluding tert-OH is 1. The number of carbonyl (C=O) groups excluding carboxylic acids is 1. The van der Waals surface area contributed by atoms with Crippen molar-refractivity contribution in [2.75, 3.05) is 5.73 Å². The molecule has 94 valence electrons. The molecule has 5 nitrogen and oxygen atoms in total. The average Bonchev–Trinajstić information content (AvgIpc) is 2.61. The first-order valence-corrected chi connectivity index (χ1v) is 6.61. The zero-order chi connectivity index (χ0) is 12.4. The lowest BCUT2D eigenvalue weighted by atomic mass is 9.92. The van der Waals surface area contributed by atoms with E-state index in [2.05, 4.69) is 10.3 Å². The Hall–Kier alpha value is -1.14. The smallest absolute Gasteiger partial charge is 0.263 e. The van der Waals surface area contributed by atoms with E-state index in [9.17, 15) is 9.90 Å². The first-order valence-electron chi connectivity index (χ1n) is 5.79. The predicted molar refractivity (Wildman–Crippen MR) is 67.0 cm³/mol. The minimum Gasteiger partial charge on any atom is -0.391 e. The van der Waals surface area contributed by atoms with Crippen molar-refractivity contribution in [3.63, 3.8) is 0 Å². The van der Waals surface area contributed by atoms with Crippen molar-refractivity contribution in [2.45, 2.75) is 44.8 Å². The molecular weight excluding hydrogens is 238 g/mol. The second-order valence-corrected chi connectivity index (χ2v) is 5.43. The van der Waals surface area contributed by atoms with E-state index in [0.29, 0.717) is 15.7 Å². The van der Waals surface area contributed by atoms with Gasteiger partial charge in [-0.2, -0.15) is 0 Å². The van der Waals surface area contributed by atoms with Crippen LogP contribution in [0.3, 0.4) is 0 Å². The molecule has 1 amide bonds. The van der Waals surface area contributed by atoms with Crippen LogP contribution in [0.5, 0.6) is 0 Å². The summed E-state index contributed by atoms with van der Waals surface area (Å²) in [5.74, 6) is -0.178. The lowest BCUT2D eigenvalue weighted by Crippen LogP contribution is -2.45. The van der Waals surface area contributed by atoms with Crippen molar-refractivity contribution in [1.82, 2.24) is 10.3 Å². The van der Waals surface area contributed by atoms with E-state index in [0.717, 1.165) is 25.7 Å². The Morgan fingerprint density at radius 2 is 2.24 bits per heavy atom. The lowest BCUT2D eigenvalue weighted by Gasteiger charge is -2.28. The number of hydrogen-bond acceptors (Lipinski definition) is 5. The van der Waals surface area contributed by atoms with Crippen LogP contribution >= 0.6 is 11.3 Å². The highest BCUT2D eigenvalue weighted by molar-refractivity contribution is 7.17. The number of carbonyl (C=O) groups is 1. The fraction of sp³-hybridized carbons (Fsp3) is 0.636. The summed E-state index contributed by atoms with van der Waals surface area (Å²) in [5, 5.41) is 13.1. The van der Waals surface area contributed by atoms with Gasteiger partial charge in [-0.25, -0.2) is 4.98 Å². The van der Waals surface area contributed by atoms with Gasteiger partial charge in [-0.05, 0) is 19.8 Å². The quantitative estimate of drug-likeness (QED) is 0.737. The molecule has 0 unspecified atom stereocenters. The Kier molecular flexibility index (Phi) is 3.63. The molecule has 1 saturated carbocycles. The molecule has 6 heteroatoms. The van der Waals surface area contributed by atoms with Gasteiger partial charge in [-0.1, -0.05) is 24.2 Å². The largest absolute Gasteiger partial charge is 0.391 e. The molecule has 1 heterocycles. The number of aryl methyl sites for hydroxylation is 1. The molecule has 1 aromatic rings. The van der Waals surface area contributed by atoms with Crippen molar-refractivity contribution >= 4 is 22.4 Å². The van der Waals surface area contributed by atoms with Crippen LogP contribution in [0.15, 0.2) is 0 Å². The molecule has 0 bridgehead atoms. The summed E-state index contributed by atoms with van der Waals surface area (Å²) in [7, 11) is 0. The normalized spacial score (nSPS) is 24.6. The van der Waals surface area contributed by atoms with Crippen molar-refractivity contribution in [1.29, 1.82) is 0 Å². The van der Waals surface area contributed by atoms with Gasteiger partial charge in [0.2, 0.25) is 0 Å². The molecule has 0 radical (unpaired) electrons. The van der Waals surface area contributed by atoms with Crippen LogP contribution in [0.1, 0.15) is 41.0 Å². The molecule has 2 rings (SSSR count). The van der Waals surface area contributed by atoms with E-state index in [1.807, 2.05) is 0 Å². The van der Waals surface area contributed by atoms with Gasteiger partial charge in [0.25, 0.3) is 5.91 Å². The van der Waals surface area contributed by atoms with Gasteiger partial charge in [-0.15, -0.1) is 0 Å². The van der Waals surface area contributed by atoms with Gasteiger partial charge in [0.1, 0.15) is 4.88 Å². The fourth-order valence-corrected chi connectivity index (χ4v) is 2.88. The predicted octanol–water partition coefficient (Wildman–Crippen LogP) is 1.07. The summed E-state index contributed by atoms with van der Waals surface area (Å²) in [4.78, 5) is 16.5. The number of thiazole rings is 1. The molecule has 1 aliphatic carbocycles. The number of nitrogen functional groups attached to an aromatic ring is 1. The summed E-state index contributed by atoms with van der Waals surface area (Å²) in [5.41, 5.74) is 6.20. The molecule has 1 aliphatic rings. The Labute approximate surface area is 104 Å². The summed E-state index contributed by atoms with van der Waals surface area (Å²) in [6.07, 6.45) is 3.24. The first kappa shape index (κ1) is 12.3. The highest BCUT2D eigenvalue weighted by Gasteiger charge is 2.26. The molecule has 2 atom stereocenters. The minimum absolute atomic E-state index is 0.140. The van der Waals surface area contributed by atoms with Gasteiger partial charge in [-0.3, -0.25) is 4.79 Å². The van der Waals surface area contributed by atoms with Gasteiger partial charge >= 0.3 is 0 Å². The molecule has 1 fully saturated rings. The first-order chi connectivity index (χ1) is 8.08. The molecule has 0 aliphatic heterocycles.